The minimum atomic E-state index is -1.16. The minimum absolute atomic E-state index is 0.00487. The van der Waals surface area contributed by atoms with Crippen molar-refractivity contribution < 1.29 is 29.0 Å². The fourth-order valence-electron chi connectivity index (χ4n) is 5.56. The zero-order valence-corrected chi connectivity index (χ0v) is 30.6. The van der Waals surface area contributed by atoms with E-state index in [-0.39, 0.29) is 52.9 Å². The van der Waals surface area contributed by atoms with Gasteiger partial charge in [0.25, 0.3) is 0 Å². The first kappa shape index (κ1) is 43.9. The van der Waals surface area contributed by atoms with E-state index < -0.39 is 22.8 Å². The molecule has 0 saturated carbocycles. The summed E-state index contributed by atoms with van der Waals surface area (Å²) in [6, 6.07) is -1.13. The number of nitrogens with two attached hydrogens (primary N) is 1. The molecule has 0 saturated heterocycles. The summed E-state index contributed by atoms with van der Waals surface area (Å²) < 4.78 is 5.90. The summed E-state index contributed by atoms with van der Waals surface area (Å²) in [5.41, 5.74) is 3.31. The molecule has 0 fully saturated rings. The lowest BCUT2D eigenvalue weighted by atomic mass is 9.75. The van der Waals surface area contributed by atoms with Gasteiger partial charge < -0.3 is 31.5 Å². The van der Waals surface area contributed by atoms with Gasteiger partial charge in [-0.05, 0) is 62.3 Å². The number of amides is 3. The predicted molar refractivity (Wildman–Crippen MR) is 179 cm³/mol. The van der Waals surface area contributed by atoms with Crippen molar-refractivity contribution in [3.05, 3.63) is 0 Å². The Morgan fingerprint density at radius 3 is 1.75 bits per heavy atom. The number of carbonyl (C=O) groups excluding carboxylic acids is 3. The summed E-state index contributed by atoms with van der Waals surface area (Å²) in [7, 11) is 1.50. The molecule has 3 amide bonds. The highest BCUT2D eigenvalue weighted by atomic mass is 16.5. The van der Waals surface area contributed by atoms with Crippen LogP contribution in [-0.2, 0) is 23.9 Å². The molecule has 0 aromatic carbocycles. The first-order chi connectivity index (χ1) is 19.8. The summed E-state index contributed by atoms with van der Waals surface area (Å²) in [6.45, 7) is 27.9. The van der Waals surface area contributed by atoms with Gasteiger partial charge in [-0.3, -0.25) is 14.4 Å². The number of rotatable bonds is 18. The second kappa shape index (κ2) is 18.7. The molecule has 0 aliphatic heterocycles. The zero-order chi connectivity index (χ0) is 35.2. The molecule has 0 aromatic rings. The van der Waals surface area contributed by atoms with Gasteiger partial charge >= 0.3 is 5.97 Å². The maximum atomic E-state index is 12.8. The highest BCUT2D eigenvalue weighted by molar-refractivity contribution is 5.87. The fourth-order valence-corrected chi connectivity index (χ4v) is 5.56. The van der Waals surface area contributed by atoms with Gasteiger partial charge in [0.05, 0.1) is 6.10 Å². The molecule has 0 bridgehead atoms. The van der Waals surface area contributed by atoms with Gasteiger partial charge in [-0.15, -0.1) is 0 Å². The van der Waals surface area contributed by atoms with Gasteiger partial charge in [0.1, 0.15) is 6.04 Å². The van der Waals surface area contributed by atoms with Crippen LogP contribution < -0.4 is 21.7 Å². The molecule has 0 aliphatic carbocycles. The number of nitrogens with one attached hydrogen (secondary N) is 3. The van der Waals surface area contributed by atoms with E-state index in [2.05, 4.69) is 56.3 Å². The maximum Gasteiger partial charge on any atom is 0.326 e. The Morgan fingerprint density at radius 2 is 1.27 bits per heavy atom. The lowest BCUT2D eigenvalue weighted by Gasteiger charge is -2.34. The molecule has 6 N–H and O–H groups in total. The summed E-state index contributed by atoms with van der Waals surface area (Å²) in [6.07, 6.45) is 2.64. The Bertz CT molecular complexity index is 900. The van der Waals surface area contributed by atoms with E-state index in [9.17, 15) is 24.3 Å². The molecule has 10 nitrogen and oxygen atoms in total. The van der Waals surface area contributed by atoms with Crippen molar-refractivity contribution in [1.82, 2.24) is 16.0 Å². The molecule has 260 valence electrons. The largest absolute Gasteiger partial charge is 0.480 e. The smallest absolute Gasteiger partial charge is 0.326 e. The number of aliphatic carboxylic acids is 1. The minimum Gasteiger partial charge on any atom is -0.480 e. The number of carboxylic acids is 1. The Balaban J connectivity index is 0. The zero-order valence-electron chi connectivity index (χ0n) is 30.6. The van der Waals surface area contributed by atoms with Crippen molar-refractivity contribution in [2.24, 2.45) is 32.8 Å². The molecule has 0 aromatic heterocycles. The van der Waals surface area contributed by atoms with Gasteiger partial charge in [0, 0.05) is 36.9 Å². The third-order valence-corrected chi connectivity index (χ3v) is 7.20. The van der Waals surface area contributed by atoms with Crippen LogP contribution >= 0.6 is 0 Å². The molecule has 0 heterocycles. The fraction of sp³-hybridized carbons (Fsp3) is 0.882. The van der Waals surface area contributed by atoms with Crippen molar-refractivity contribution in [3.8, 4) is 0 Å². The first-order valence-corrected chi connectivity index (χ1v) is 16.0. The molecular formula is C34H68N4O6. The Morgan fingerprint density at radius 1 is 0.750 bits per heavy atom. The van der Waals surface area contributed by atoms with E-state index in [1.54, 1.807) is 13.8 Å². The monoisotopic (exact) mass is 629 g/mol. The van der Waals surface area contributed by atoms with E-state index in [1.807, 2.05) is 41.5 Å². The van der Waals surface area contributed by atoms with Crippen molar-refractivity contribution in [2.75, 3.05) is 26.7 Å². The SMILES string of the molecule is CC(CCNC(=O)CCC(NC(=O)C(C)(C)CC(C)(C)C)C(=O)O)OCCC(C)(C)C(=O)NCC(C)(C)CC(C)(C)C.CN. The van der Waals surface area contributed by atoms with Gasteiger partial charge in [-0.1, -0.05) is 83.1 Å². The van der Waals surface area contributed by atoms with Crippen LogP contribution in [0.25, 0.3) is 0 Å². The third-order valence-electron chi connectivity index (χ3n) is 7.20. The van der Waals surface area contributed by atoms with Crippen molar-refractivity contribution in [2.45, 2.75) is 141 Å². The summed E-state index contributed by atoms with van der Waals surface area (Å²) in [5.74, 6) is -1.75. The van der Waals surface area contributed by atoms with E-state index in [0.717, 1.165) is 6.42 Å². The lowest BCUT2D eigenvalue weighted by molar-refractivity contribution is -0.144. The first-order valence-electron chi connectivity index (χ1n) is 16.0. The number of hydrogen-bond donors (Lipinski definition) is 5. The Kier molecular flexibility index (Phi) is 18.7. The molecule has 0 aliphatic rings. The molecule has 44 heavy (non-hydrogen) atoms. The highest BCUT2D eigenvalue weighted by Crippen LogP contribution is 2.34. The second-order valence-electron chi connectivity index (χ2n) is 16.6. The van der Waals surface area contributed by atoms with Gasteiger partial charge in [-0.25, -0.2) is 4.79 Å². The van der Waals surface area contributed by atoms with Crippen LogP contribution in [0.4, 0.5) is 0 Å². The van der Waals surface area contributed by atoms with Crippen molar-refractivity contribution >= 4 is 23.7 Å². The second-order valence-corrected chi connectivity index (χ2v) is 16.6. The van der Waals surface area contributed by atoms with Crippen LogP contribution in [0, 0.1) is 27.1 Å². The van der Waals surface area contributed by atoms with Crippen LogP contribution in [0.15, 0.2) is 0 Å². The van der Waals surface area contributed by atoms with Crippen LogP contribution in [-0.4, -0.2) is 67.7 Å². The molecule has 0 rings (SSSR count). The van der Waals surface area contributed by atoms with E-state index in [4.69, 9.17) is 4.74 Å². The standard InChI is InChI=1S/C33H63N3O6.CH5N/c1-23(42-19-17-32(10,11)27(40)35-22-31(8,9)20-29(2,3)4)16-18-34-25(37)15-14-24(26(38)39)36-28(41)33(12,13)21-30(5,6)7;1-2/h23-24H,14-22H2,1-13H3,(H,34,37)(H,35,40)(H,36,41)(H,38,39);2H2,1H3. The van der Waals surface area contributed by atoms with Gasteiger partial charge in [-0.2, -0.15) is 0 Å². The van der Waals surface area contributed by atoms with E-state index in [0.29, 0.717) is 39.0 Å². The van der Waals surface area contributed by atoms with Crippen LogP contribution in [0.3, 0.4) is 0 Å². The Labute approximate surface area is 268 Å². The molecule has 2 unspecified atom stereocenters. The molecule has 2 atom stereocenters. The number of ether oxygens (including phenoxy) is 1. The molecule has 10 heteroatoms. The average Bonchev–Trinajstić information content (AvgIpc) is 2.82. The summed E-state index contributed by atoms with van der Waals surface area (Å²) in [5, 5.41) is 18.1. The lowest BCUT2D eigenvalue weighted by Crippen LogP contribution is -2.48. The molecule has 0 spiro atoms. The normalized spacial score (nSPS) is 14.1. The third kappa shape index (κ3) is 20.7. The van der Waals surface area contributed by atoms with Crippen LogP contribution in [0.5, 0.6) is 0 Å². The quantitative estimate of drug-likeness (QED) is 0.138. The summed E-state index contributed by atoms with van der Waals surface area (Å²) >= 11 is 0. The Hall–Kier alpha value is -2.20. The predicted octanol–water partition coefficient (Wildman–Crippen LogP) is 5.28. The van der Waals surface area contributed by atoms with Gasteiger partial charge in [0.2, 0.25) is 17.7 Å². The van der Waals surface area contributed by atoms with Crippen molar-refractivity contribution in [1.29, 1.82) is 0 Å². The van der Waals surface area contributed by atoms with Crippen LogP contribution in [0.1, 0.15) is 129 Å². The molecule has 0 radical (unpaired) electrons. The van der Waals surface area contributed by atoms with E-state index >= 15 is 0 Å². The highest BCUT2D eigenvalue weighted by Gasteiger charge is 2.35. The average molecular weight is 629 g/mol. The van der Waals surface area contributed by atoms with Crippen molar-refractivity contribution in [3.63, 3.8) is 0 Å². The number of carbonyl (C=O) groups is 4. The summed E-state index contributed by atoms with van der Waals surface area (Å²) in [4.78, 5) is 49.6. The number of carboxylic acid groups (broad SMARTS) is 1. The van der Waals surface area contributed by atoms with Gasteiger partial charge in [0.15, 0.2) is 0 Å². The molecular weight excluding hydrogens is 560 g/mol. The topological polar surface area (TPSA) is 160 Å². The van der Waals surface area contributed by atoms with E-state index in [1.165, 1.54) is 7.05 Å². The van der Waals surface area contributed by atoms with Crippen LogP contribution in [0.2, 0.25) is 0 Å². The number of hydrogen-bond acceptors (Lipinski definition) is 6. The maximum absolute atomic E-state index is 12.8.